The lowest BCUT2D eigenvalue weighted by Crippen LogP contribution is -1.98. The number of hydrogen-bond acceptors (Lipinski definition) is 2. The van der Waals surface area contributed by atoms with E-state index in [9.17, 15) is 5.11 Å². The summed E-state index contributed by atoms with van der Waals surface area (Å²) in [5.41, 5.74) is 0.718. The van der Waals surface area contributed by atoms with Crippen LogP contribution >= 0.6 is 15.9 Å². The Bertz CT molecular complexity index is 239. The summed E-state index contributed by atoms with van der Waals surface area (Å²) in [7, 11) is 0. The highest BCUT2D eigenvalue weighted by molar-refractivity contribution is 9.10. The van der Waals surface area contributed by atoms with Gasteiger partial charge in [0.25, 0.3) is 0 Å². The Morgan fingerprint density at radius 2 is 2.45 bits per heavy atom. The fraction of sp³-hybridized carbons (Fsp3) is 0.375. The fourth-order valence-electron chi connectivity index (χ4n) is 0.836. The van der Waals surface area contributed by atoms with Crippen molar-refractivity contribution in [1.82, 2.24) is 4.98 Å². The lowest BCUT2D eigenvalue weighted by atomic mass is 10.2. The van der Waals surface area contributed by atoms with Crippen molar-refractivity contribution >= 4 is 15.9 Å². The zero-order valence-electron chi connectivity index (χ0n) is 6.29. The number of aliphatic hydroxyl groups excluding tert-OH is 1. The van der Waals surface area contributed by atoms with E-state index in [0.717, 1.165) is 10.2 Å². The highest BCUT2D eigenvalue weighted by Crippen LogP contribution is 2.22. The van der Waals surface area contributed by atoms with Crippen molar-refractivity contribution in [2.24, 2.45) is 0 Å². The second-order valence-electron chi connectivity index (χ2n) is 2.29. The molecule has 0 aliphatic heterocycles. The van der Waals surface area contributed by atoms with Crippen molar-refractivity contribution in [2.75, 3.05) is 0 Å². The topological polar surface area (TPSA) is 33.1 Å². The fourth-order valence-corrected chi connectivity index (χ4v) is 1.36. The van der Waals surface area contributed by atoms with Crippen LogP contribution in [0.2, 0.25) is 0 Å². The molecule has 2 nitrogen and oxygen atoms in total. The van der Waals surface area contributed by atoms with Gasteiger partial charge in [0.15, 0.2) is 0 Å². The molecule has 1 heterocycles. The van der Waals surface area contributed by atoms with Gasteiger partial charge in [0.05, 0.1) is 11.8 Å². The van der Waals surface area contributed by atoms with Gasteiger partial charge >= 0.3 is 0 Å². The summed E-state index contributed by atoms with van der Waals surface area (Å²) in [6.07, 6.45) is 1.92. The Kier molecular flexibility index (Phi) is 3.02. The summed E-state index contributed by atoms with van der Waals surface area (Å²) < 4.78 is 0.870. The van der Waals surface area contributed by atoms with E-state index in [0.29, 0.717) is 6.42 Å². The predicted octanol–water partition coefficient (Wildman–Crippen LogP) is 2.29. The lowest BCUT2D eigenvalue weighted by molar-refractivity contribution is 0.168. The smallest absolute Gasteiger partial charge is 0.0968 e. The highest BCUT2D eigenvalue weighted by atomic mass is 79.9. The molecule has 0 bridgehead atoms. The molecule has 0 spiro atoms. The zero-order valence-corrected chi connectivity index (χ0v) is 7.87. The monoisotopic (exact) mass is 215 g/mol. The molecule has 11 heavy (non-hydrogen) atoms. The zero-order chi connectivity index (χ0) is 8.27. The van der Waals surface area contributed by atoms with E-state index in [1.165, 1.54) is 0 Å². The van der Waals surface area contributed by atoms with Crippen LogP contribution in [-0.2, 0) is 0 Å². The maximum absolute atomic E-state index is 9.42. The molecule has 0 amide bonds. The van der Waals surface area contributed by atoms with Crippen molar-refractivity contribution < 1.29 is 5.11 Å². The van der Waals surface area contributed by atoms with E-state index in [-0.39, 0.29) is 0 Å². The third-order valence-corrected chi connectivity index (χ3v) is 2.16. The molecular weight excluding hydrogens is 206 g/mol. The summed E-state index contributed by atoms with van der Waals surface area (Å²) >= 11 is 3.32. The molecule has 0 aromatic carbocycles. The average molecular weight is 216 g/mol. The Morgan fingerprint density at radius 3 is 3.00 bits per heavy atom. The van der Waals surface area contributed by atoms with Crippen molar-refractivity contribution in [3.05, 3.63) is 28.5 Å². The van der Waals surface area contributed by atoms with Crippen LogP contribution in [0.4, 0.5) is 0 Å². The summed E-state index contributed by atoms with van der Waals surface area (Å²) in [4.78, 5) is 4.05. The second kappa shape index (κ2) is 3.83. The molecule has 1 aromatic rings. The largest absolute Gasteiger partial charge is 0.387 e. The molecule has 1 atom stereocenters. The van der Waals surface area contributed by atoms with Gasteiger partial charge in [-0.05, 0) is 34.5 Å². The summed E-state index contributed by atoms with van der Waals surface area (Å²) in [6, 6.07) is 3.71. The Labute approximate surface area is 74.4 Å². The first-order chi connectivity index (χ1) is 5.25. The van der Waals surface area contributed by atoms with Crippen LogP contribution in [0.3, 0.4) is 0 Å². The van der Waals surface area contributed by atoms with Crippen molar-refractivity contribution in [2.45, 2.75) is 19.4 Å². The summed E-state index contributed by atoms with van der Waals surface area (Å²) in [5, 5.41) is 9.42. The van der Waals surface area contributed by atoms with Crippen LogP contribution in [0, 0.1) is 0 Å². The minimum Gasteiger partial charge on any atom is -0.387 e. The third-order valence-electron chi connectivity index (χ3n) is 1.49. The Morgan fingerprint density at radius 1 is 1.73 bits per heavy atom. The molecule has 0 aliphatic carbocycles. The van der Waals surface area contributed by atoms with Crippen LogP contribution in [0.1, 0.15) is 25.1 Å². The quantitative estimate of drug-likeness (QED) is 0.822. The van der Waals surface area contributed by atoms with Crippen LogP contribution in [0.5, 0.6) is 0 Å². The number of aliphatic hydroxyl groups is 1. The molecule has 60 valence electrons. The van der Waals surface area contributed by atoms with Gasteiger partial charge < -0.3 is 5.11 Å². The van der Waals surface area contributed by atoms with Gasteiger partial charge in [0, 0.05) is 10.7 Å². The van der Waals surface area contributed by atoms with Crippen LogP contribution in [0.15, 0.2) is 22.8 Å². The Hall–Kier alpha value is -0.410. The Balaban J connectivity index is 2.93. The van der Waals surface area contributed by atoms with Gasteiger partial charge in [-0.15, -0.1) is 0 Å². The molecule has 0 fully saturated rings. The summed E-state index contributed by atoms with van der Waals surface area (Å²) in [6.45, 7) is 1.92. The van der Waals surface area contributed by atoms with Gasteiger partial charge in [0.2, 0.25) is 0 Å². The summed E-state index contributed by atoms with van der Waals surface area (Å²) in [5.74, 6) is 0. The third kappa shape index (κ3) is 2.01. The molecule has 0 saturated carbocycles. The standard InChI is InChI=1S/C8H10BrNO/c1-2-7(11)8-6(9)4-3-5-10-8/h3-5,7,11H,2H2,1H3/t7-/m0/s1. The van der Waals surface area contributed by atoms with E-state index in [2.05, 4.69) is 20.9 Å². The average Bonchev–Trinajstić information content (AvgIpc) is 2.04. The maximum Gasteiger partial charge on any atom is 0.0968 e. The molecule has 1 aromatic heterocycles. The number of aromatic nitrogens is 1. The second-order valence-corrected chi connectivity index (χ2v) is 3.15. The predicted molar refractivity (Wildman–Crippen MR) is 47.2 cm³/mol. The molecule has 0 unspecified atom stereocenters. The number of hydrogen-bond donors (Lipinski definition) is 1. The first-order valence-electron chi connectivity index (χ1n) is 3.54. The molecule has 0 radical (unpaired) electrons. The van der Waals surface area contributed by atoms with Crippen molar-refractivity contribution in [1.29, 1.82) is 0 Å². The van der Waals surface area contributed by atoms with Crippen LogP contribution < -0.4 is 0 Å². The molecule has 1 N–H and O–H groups in total. The normalized spacial score (nSPS) is 13.0. The van der Waals surface area contributed by atoms with Crippen LogP contribution in [0.25, 0.3) is 0 Å². The molecule has 1 rings (SSSR count). The molecule has 0 aliphatic rings. The van der Waals surface area contributed by atoms with E-state index < -0.39 is 6.10 Å². The number of nitrogens with zero attached hydrogens (tertiary/aromatic N) is 1. The SMILES string of the molecule is CC[C@H](O)c1ncccc1Br. The van der Waals surface area contributed by atoms with E-state index in [1.807, 2.05) is 19.1 Å². The van der Waals surface area contributed by atoms with E-state index in [4.69, 9.17) is 0 Å². The van der Waals surface area contributed by atoms with Crippen molar-refractivity contribution in [3.8, 4) is 0 Å². The van der Waals surface area contributed by atoms with Crippen molar-refractivity contribution in [3.63, 3.8) is 0 Å². The lowest BCUT2D eigenvalue weighted by Gasteiger charge is -2.07. The molecule has 3 heteroatoms. The van der Waals surface area contributed by atoms with Gasteiger partial charge in [-0.25, -0.2) is 0 Å². The minimum atomic E-state index is -0.453. The van der Waals surface area contributed by atoms with Gasteiger partial charge in [-0.2, -0.15) is 0 Å². The van der Waals surface area contributed by atoms with Gasteiger partial charge in [-0.3, -0.25) is 4.98 Å². The number of pyridine rings is 1. The first kappa shape index (κ1) is 8.68. The van der Waals surface area contributed by atoms with Gasteiger partial charge in [0.1, 0.15) is 0 Å². The van der Waals surface area contributed by atoms with Gasteiger partial charge in [-0.1, -0.05) is 6.92 Å². The highest BCUT2D eigenvalue weighted by Gasteiger charge is 2.08. The number of halogens is 1. The van der Waals surface area contributed by atoms with E-state index >= 15 is 0 Å². The molecule has 0 saturated heterocycles. The van der Waals surface area contributed by atoms with Crippen LogP contribution in [-0.4, -0.2) is 10.1 Å². The van der Waals surface area contributed by atoms with E-state index in [1.54, 1.807) is 6.20 Å². The maximum atomic E-state index is 9.42. The first-order valence-corrected chi connectivity index (χ1v) is 4.33. The number of rotatable bonds is 2. The molecular formula is C8H10BrNO. The minimum absolute atomic E-state index is 0.453.